The summed E-state index contributed by atoms with van der Waals surface area (Å²) < 4.78 is 35.9. The number of hydrogen-bond acceptors (Lipinski definition) is 7. The van der Waals surface area contributed by atoms with Crippen LogP contribution in [0, 0.1) is 0 Å². The fourth-order valence-corrected chi connectivity index (χ4v) is 5.83. The van der Waals surface area contributed by atoms with E-state index < -0.39 is 10.1 Å². The Morgan fingerprint density at radius 3 is 2.38 bits per heavy atom. The van der Waals surface area contributed by atoms with Crippen LogP contribution in [0.15, 0.2) is 107 Å². The number of carbonyl (C=O) groups is 1. The molecule has 0 bridgehead atoms. The Balaban J connectivity index is 1.48. The van der Waals surface area contributed by atoms with Crippen LogP contribution >= 0.6 is 0 Å². The van der Waals surface area contributed by atoms with Crippen LogP contribution in [0.1, 0.15) is 0 Å². The molecule has 0 aliphatic heterocycles. The molecule has 9 nitrogen and oxygen atoms in total. The van der Waals surface area contributed by atoms with Crippen molar-refractivity contribution in [3.63, 3.8) is 0 Å². The predicted octanol–water partition coefficient (Wildman–Crippen LogP) is 5.94. The average molecular weight is 581 g/mol. The molecular formula is C32H28N4O5S. The fraction of sp³-hybridized carbons (Fsp3) is 0.125. The van der Waals surface area contributed by atoms with Crippen LogP contribution in [0.2, 0.25) is 0 Å². The van der Waals surface area contributed by atoms with Gasteiger partial charge in [0.15, 0.2) is 0 Å². The lowest BCUT2D eigenvalue weighted by Gasteiger charge is -2.20. The molecule has 3 aromatic heterocycles. The average Bonchev–Trinajstić information content (AvgIpc) is 3.66. The number of anilines is 1. The van der Waals surface area contributed by atoms with Gasteiger partial charge in [0.25, 0.3) is 5.09 Å². The molecular weight excluding hydrogens is 552 g/mol. The number of aromatic nitrogens is 2. The minimum absolute atomic E-state index is 0.00770. The molecule has 0 atom stereocenters. The van der Waals surface area contributed by atoms with Gasteiger partial charge in [-0.2, -0.15) is 8.42 Å². The van der Waals surface area contributed by atoms with Gasteiger partial charge in [0.1, 0.15) is 11.4 Å². The van der Waals surface area contributed by atoms with Gasteiger partial charge >= 0.3 is 10.1 Å². The number of nitrogens with one attached hydrogen (secondary N) is 1. The highest BCUT2D eigenvalue weighted by atomic mass is 32.2. The van der Waals surface area contributed by atoms with Gasteiger partial charge in [0, 0.05) is 46.3 Å². The van der Waals surface area contributed by atoms with Crippen LogP contribution in [0.5, 0.6) is 5.75 Å². The topological polar surface area (TPSA) is 109 Å². The number of furan rings is 1. The number of rotatable bonds is 8. The second kappa shape index (κ2) is 10.8. The van der Waals surface area contributed by atoms with E-state index in [4.69, 9.17) is 13.6 Å². The SMILES string of the molecule is CN(C)CC(=O)N(C)c1ccc(-c2cnc3[nH]c4ccc(OS(=O)(=O)c5ccco5)cc4c3c2-c2ccccc2)cc1. The van der Waals surface area contributed by atoms with Crippen molar-refractivity contribution in [2.24, 2.45) is 0 Å². The number of amides is 1. The van der Waals surface area contributed by atoms with Crippen molar-refractivity contribution in [3.05, 3.63) is 97.4 Å². The summed E-state index contributed by atoms with van der Waals surface area (Å²) in [5.41, 5.74) is 5.93. The summed E-state index contributed by atoms with van der Waals surface area (Å²) >= 11 is 0. The summed E-state index contributed by atoms with van der Waals surface area (Å²) in [6.45, 7) is 0.312. The minimum Gasteiger partial charge on any atom is -0.450 e. The summed E-state index contributed by atoms with van der Waals surface area (Å²) in [5.74, 6) is 0.144. The molecule has 0 aliphatic rings. The fourth-order valence-electron chi connectivity index (χ4n) is 4.97. The molecule has 0 unspecified atom stereocenters. The van der Waals surface area contributed by atoms with E-state index in [-0.39, 0.29) is 16.7 Å². The molecule has 0 radical (unpaired) electrons. The van der Waals surface area contributed by atoms with Crippen LogP contribution in [0.25, 0.3) is 44.2 Å². The van der Waals surface area contributed by atoms with E-state index in [2.05, 4.69) is 4.98 Å². The number of pyridine rings is 1. The maximum absolute atomic E-state index is 12.7. The van der Waals surface area contributed by atoms with Crippen molar-refractivity contribution in [3.8, 4) is 28.0 Å². The molecule has 1 N–H and O–H groups in total. The third-order valence-corrected chi connectivity index (χ3v) is 8.13. The van der Waals surface area contributed by atoms with E-state index in [9.17, 15) is 13.2 Å². The van der Waals surface area contributed by atoms with Crippen LogP contribution in [-0.4, -0.2) is 56.9 Å². The molecule has 212 valence electrons. The van der Waals surface area contributed by atoms with Gasteiger partial charge in [-0.3, -0.25) is 4.79 Å². The van der Waals surface area contributed by atoms with Gasteiger partial charge in [-0.25, -0.2) is 4.98 Å². The summed E-state index contributed by atoms with van der Waals surface area (Å²) in [5, 5.41) is 1.32. The number of nitrogens with zero attached hydrogens (tertiary/aromatic N) is 3. The Morgan fingerprint density at radius 2 is 1.69 bits per heavy atom. The molecule has 0 saturated heterocycles. The summed E-state index contributed by atoms with van der Waals surface area (Å²) in [6.07, 6.45) is 3.11. The molecule has 10 heteroatoms. The molecule has 3 aromatic carbocycles. The second-order valence-electron chi connectivity index (χ2n) is 10.2. The first kappa shape index (κ1) is 27.3. The minimum atomic E-state index is -4.14. The molecule has 3 heterocycles. The van der Waals surface area contributed by atoms with Gasteiger partial charge in [-0.15, -0.1) is 0 Å². The largest absolute Gasteiger partial charge is 0.450 e. The van der Waals surface area contributed by atoms with Crippen LogP contribution in [-0.2, 0) is 14.9 Å². The molecule has 0 aliphatic carbocycles. The second-order valence-corrected chi connectivity index (χ2v) is 11.7. The summed E-state index contributed by atoms with van der Waals surface area (Å²) in [6, 6.07) is 25.6. The Morgan fingerprint density at radius 1 is 0.929 bits per heavy atom. The number of hydrogen-bond donors (Lipinski definition) is 1. The van der Waals surface area contributed by atoms with Crippen molar-refractivity contribution in [2.75, 3.05) is 32.6 Å². The number of carbonyl (C=O) groups excluding carboxylic acids is 1. The first-order valence-electron chi connectivity index (χ1n) is 13.2. The van der Waals surface area contributed by atoms with Crippen molar-refractivity contribution in [1.29, 1.82) is 0 Å². The maximum Gasteiger partial charge on any atom is 0.373 e. The zero-order valence-corrected chi connectivity index (χ0v) is 24.1. The maximum atomic E-state index is 12.7. The standard InChI is InChI=1S/C32H28N4O5S/c1-35(2)20-28(37)36(3)23-13-11-21(12-14-23)26-19-33-32-31(30(26)22-8-5-4-6-9-22)25-18-24(15-16-27(25)34-32)41-42(38,39)29-10-7-17-40-29/h4-19H,20H2,1-3H3,(H,33,34). The third kappa shape index (κ3) is 5.13. The highest BCUT2D eigenvalue weighted by molar-refractivity contribution is 7.87. The van der Waals surface area contributed by atoms with E-state index in [1.807, 2.05) is 79.8 Å². The number of H-pyrrole nitrogens is 1. The highest BCUT2D eigenvalue weighted by Gasteiger charge is 2.22. The number of benzene rings is 3. The Labute approximate surface area is 243 Å². The monoisotopic (exact) mass is 580 g/mol. The first-order chi connectivity index (χ1) is 20.2. The van der Waals surface area contributed by atoms with Gasteiger partial charge in [-0.05, 0) is 67.7 Å². The molecule has 0 fully saturated rings. The van der Waals surface area contributed by atoms with Crippen molar-refractivity contribution < 1.29 is 21.8 Å². The molecule has 0 saturated carbocycles. The molecule has 42 heavy (non-hydrogen) atoms. The van der Waals surface area contributed by atoms with Crippen molar-refractivity contribution >= 4 is 43.6 Å². The van der Waals surface area contributed by atoms with Gasteiger partial charge in [0.2, 0.25) is 5.91 Å². The van der Waals surface area contributed by atoms with Crippen LogP contribution < -0.4 is 9.08 Å². The number of likely N-dealkylation sites (N-methyl/N-ethyl adjacent to an activating group) is 2. The molecule has 0 spiro atoms. The summed E-state index contributed by atoms with van der Waals surface area (Å²) in [4.78, 5) is 24.2. The zero-order chi connectivity index (χ0) is 29.4. The van der Waals surface area contributed by atoms with E-state index in [0.717, 1.165) is 44.2 Å². The van der Waals surface area contributed by atoms with Crippen molar-refractivity contribution in [2.45, 2.75) is 5.09 Å². The summed E-state index contributed by atoms with van der Waals surface area (Å²) in [7, 11) is 1.35. The van der Waals surface area contributed by atoms with E-state index in [0.29, 0.717) is 12.2 Å². The van der Waals surface area contributed by atoms with Crippen molar-refractivity contribution in [1.82, 2.24) is 14.9 Å². The van der Waals surface area contributed by atoms with Gasteiger partial charge in [0.05, 0.1) is 12.8 Å². The lowest BCUT2D eigenvalue weighted by Crippen LogP contribution is -2.34. The Hall–Kier alpha value is -4.93. The number of fused-ring (bicyclic) bond motifs is 3. The van der Waals surface area contributed by atoms with E-state index >= 15 is 0 Å². The van der Waals surface area contributed by atoms with Crippen LogP contribution in [0.3, 0.4) is 0 Å². The predicted molar refractivity (Wildman–Crippen MR) is 163 cm³/mol. The first-order valence-corrected chi connectivity index (χ1v) is 14.6. The van der Waals surface area contributed by atoms with Gasteiger partial charge in [-0.1, -0.05) is 42.5 Å². The lowest BCUT2D eigenvalue weighted by atomic mass is 9.92. The van der Waals surface area contributed by atoms with E-state index in [1.165, 1.54) is 18.4 Å². The Kier molecular flexibility index (Phi) is 7.01. The lowest BCUT2D eigenvalue weighted by molar-refractivity contribution is -0.118. The molecule has 1 amide bonds. The van der Waals surface area contributed by atoms with Crippen LogP contribution in [0.4, 0.5) is 5.69 Å². The zero-order valence-electron chi connectivity index (χ0n) is 23.2. The highest BCUT2D eigenvalue weighted by Crippen LogP contribution is 2.41. The van der Waals surface area contributed by atoms with Gasteiger partial charge < -0.3 is 23.4 Å². The Bertz CT molecular complexity index is 2000. The third-order valence-electron chi connectivity index (χ3n) is 6.99. The number of aromatic amines is 1. The molecule has 6 aromatic rings. The quantitative estimate of drug-likeness (QED) is 0.222. The molecule has 6 rings (SSSR count). The normalized spacial score (nSPS) is 11.8. The smallest absolute Gasteiger partial charge is 0.373 e. The van der Waals surface area contributed by atoms with E-state index in [1.54, 1.807) is 30.1 Å².